The molecule has 2 N–H and O–H groups in total. The fraction of sp³-hybridized carbons (Fsp3) is 0.400. The molecule has 3 heterocycles. The number of fused-ring (bicyclic) bond motifs is 2. The number of para-hydroxylation sites is 1. The summed E-state index contributed by atoms with van der Waals surface area (Å²) in [6.45, 7) is 7.04. The number of benzene rings is 1. The topological polar surface area (TPSA) is 125 Å². The minimum atomic E-state index is -1.74. The lowest BCUT2D eigenvalue weighted by atomic mass is 10.0. The third-order valence-electron chi connectivity index (χ3n) is 7.25. The highest BCUT2D eigenvalue weighted by Gasteiger charge is 2.40. The van der Waals surface area contributed by atoms with Crippen LogP contribution in [-0.2, 0) is 25.7 Å². The van der Waals surface area contributed by atoms with E-state index < -0.39 is 17.5 Å². The van der Waals surface area contributed by atoms with Gasteiger partial charge in [-0.1, -0.05) is 32.0 Å². The highest BCUT2D eigenvalue weighted by Crippen LogP contribution is 2.31. The van der Waals surface area contributed by atoms with Crippen molar-refractivity contribution in [2.45, 2.75) is 52.7 Å². The van der Waals surface area contributed by atoms with Crippen LogP contribution in [0.5, 0.6) is 0 Å². The van der Waals surface area contributed by atoms with Gasteiger partial charge >= 0.3 is 5.97 Å². The van der Waals surface area contributed by atoms with E-state index in [9.17, 15) is 19.5 Å². The van der Waals surface area contributed by atoms with Crippen molar-refractivity contribution >= 4 is 46.3 Å². The molecule has 2 aromatic heterocycles. The maximum atomic E-state index is 13.1. The molecule has 2 amide bonds. The van der Waals surface area contributed by atoms with Gasteiger partial charge in [-0.3, -0.25) is 19.3 Å². The maximum absolute atomic E-state index is 13.1. The molecule has 0 aliphatic carbocycles. The Hall–Kier alpha value is -4.18. The highest BCUT2D eigenvalue weighted by atomic mass is 16.5. The quantitative estimate of drug-likeness (QED) is 0.300. The number of amides is 2. The Morgan fingerprint density at radius 2 is 2.02 bits per heavy atom. The average molecular weight is 549 g/mol. The SMILES string of the molecule is CCC(CC)C(=O)OCN1C(=O)[C@](C)(O)CNc2cc(/C=C/C(=O)N(C)Cc3oc4ccccc4c3C)cnc21. The number of nitrogens with zero attached hydrogens (tertiary/aromatic N) is 3. The van der Waals surface area contributed by atoms with Gasteiger partial charge in [-0.05, 0) is 50.5 Å². The number of ether oxygens (including phenoxy) is 1. The molecule has 0 radical (unpaired) electrons. The van der Waals surface area contributed by atoms with Crippen molar-refractivity contribution in [2.24, 2.45) is 5.92 Å². The molecule has 0 spiro atoms. The van der Waals surface area contributed by atoms with E-state index in [1.54, 1.807) is 24.1 Å². The number of rotatable bonds is 9. The second-order valence-electron chi connectivity index (χ2n) is 10.3. The first-order valence-corrected chi connectivity index (χ1v) is 13.4. The number of carbonyl (C=O) groups excluding carboxylic acids is 3. The van der Waals surface area contributed by atoms with Crippen LogP contribution in [0.2, 0.25) is 0 Å². The molecule has 1 aliphatic heterocycles. The van der Waals surface area contributed by atoms with Gasteiger partial charge in [-0.25, -0.2) is 4.98 Å². The van der Waals surface area contributed by atoms with Gasteiger partial charge in [-0.15, -0.1) is 0 Å². The summed E-state index contributed by atoms with van der Waals surface area (Å²) >= 11 is 0. The Morgan fingerprint density at radius 3 is 2.73 bits per heavy atom. The molecule has 0 saturated heterocycles. The van der Waals surface area contributed by atoms with Crippen molar-refractivity contribution in [3.05, 3.63) is 59.5 Å². The van der Waals surface area contributed by atoms with Crippen LogP contribution in [0.3, 0.4) is 0 Å². The molecule has 0 fully saturated rings. The molecule has 1 aliphatic rings. The monoisotopic (exact) mass is 548 g/mol. The maximum Gasteiger partial charge on any atom is 0.310 e. The number of furan rings is 1. The first kappa shape index (κ1) is 28.8. The van der Waals surface area contributed by atoms with Crippen molar-refractivity contribution in [1.29, 1.82) is 0 Å². The Morgan fingerprint density at radius 1 is 1.30 bits per heavy atom. The van der Waals surface area contributed by atoms with E-state index in [0.717, 1.165) is 27.2 Å². The first-order valence-electron chi connectivity index (χ1n) is 13.4. The number of esters is 1. The third kappa shape index (κ3) is 6.02. The van der Waals surface area contributed by atoms with E-state index in [-0.39, 0.29) is 30.9 Å². The Labute approximate surface area is 233 Å². The van der Waals surface area contributed by atoms with Gasteiger partial charge in [0, 0.05) is 30.3 Å². The van der Waals surface area contributed by atoms with Crippen molar-refractivity contribution in [1.82, 2.24) is 9.88 Å². The fourth-order valence-electron chi connectivity index (χ4n) is 4.59. The minimum absolute atomic E-state index is 0.0663. The van der Waals surface area contributed by atoms with E-state index in [1.165, 1.54) is 19.2 Å². The number of β-amino-alcohol motifs (C(OH)–C–C–N with tert-alkyl or cyclic N) is 1. The van der Waals surface area contributed by atoms with Crippen LogP contribution >= 0.6 is 0 Å². The van der Waals surface area contributed by atoms with E-state index in [1.807, 2.05) is 45.0 Å². The van der Waals surface area contributed by atoms with Crippen LogP contribution in [0.25, 0.3) is 17.0 Å². The number of hydrogen-bond acceptors (Lipinski definition) is 8. The molecule has 0 unspecified atom stereocenters. The van der Waals surface area contributed by atoms with Crippen LogP contribution < -0.4 is 10.2 Å². The molecule has 0 bridgehead atoms. The van der Waals surface area contributed by atoms with Gasteiger partial charge in [0.1, 0.15) is 11.3 Å². The van der Waals surface area contributed by atoms with Gasteiger partial charge in [0.25, 0.3) is 5.91 Å². The largest absolute Gasteiger partial charge is 0.459 e. The Balaban J connectivity index is 1.49. The predicted octanol–water partition coefficient (Wildman–Crippen LogP) is 4.25. The summed E-state index contributed by atoms with van der Waals surface area (Å²) in [6, 6.07) is 9.47. The summed E-state index contributed by atoms with van der Waals surface area (Å²) in [5.74, 6) is -0.590. The van der Waals surface area contributed by atoms with E-state index in [0.29, 0.717) is 30.6 Å². The van der Waals surface area contributed by atoms with Crippen molar-refractivity contribution in [2.75, 3.05) is 30.5 Å². The number of pyridine rings is 1. The van der Waals surface area contributed by atoms with Crippen molar-refractivity contribution in [3.8, 4) is 0 Å². The van der Waals surface area contributed by atoms with Crippen molar-refractivity contribution < 1.29 is 28.6 Å². The smallest absolute Gasteiger partial charge is 0.310 e. The molecule has 1 aromatic carbocycles. The van der Waals surface area contributed by atoms with Gasteiger partial charge < -0.3 is 24.5 Å². The molecule has 4 rings (SSSR count). The normalized spacial score (nSPS) is 17.2. The predicted molar refractivity (Wildman–Crippen MR) is 152 cm³/mol. The fourth-order valence-corrected chi connectivity index (χ4v) is 4.59. The molecule has 1 atom stereocenters. The van der Waals surface area contributed by atoms with Crippen molar-refractivity contribution in [3.63, 3.8) is 0 Å². The summed E-state index contributed by atoms with van der Waals surface area (Å²) < 4.78 is 11.4. The van der Waals surface area contributed by atoms with Gasteiger partial charge in [0.2, 0.25) is 5.91 Å². The molecule has 3 aromatic rings. The average Bonchev–Trinajstić information content (AvgIpc) is 3.21. The highest BCUT2D eigenvalue weighted by molar-refractivity contribution is 6.02. The lowest BCUT2D eigenvalue weighted by Crippen LogP contribution is -2.50. The molecule has 10 heteroatoms. The van der Waals surface area contributed by atoms with Crippen LogP contribution in [-0.4, -0.2) is 58.7 Å². The third-order valence-corrected chi connectivity index (χ3v) is 7.25. The number of carbonyl (C=O) groups is 3. The first-order chi connectivity index (χ1) is 19.1. The molecular weight excluding hydrogens is 512 g/mol. The number of anilines is 2. The van der Waals surface area contributed by atoms with Crippen LogP contribution in [0.1, 0.15) is 50.5 Å². The lowest BCUT2D eigenvalue weighted by Gasteiger charge is -2.27. The van der Waals surface area contributed by atoms with E-state index in [2.05, 4.69) is 10.3 Å². The van der Waals surface area contributed by atoms with Crippen LogP contribution in [0.4, 0.5) is 11.5 Å². The summed E-state index contributed by atoms with van der Waals surface area (Å²) in [5, 5.41) is 14.8. The zero-order chi connectivity index (χ0) is 29.0. The molecule has 0 saturated carbocycles. The number of likely N-dealkylation sites (N-methyl/N-ethyl adjacent to an activating group) is 1. The zero-order valence-electron chi connectivity index (χ0n) is 23.6. The minimum Gasteiger partial charge on any atom is -0.459 e. The molecule has 40 heavy (non-hydrogen) atoms. The number of nitrogens with one attached hydrogen (secondary N) is 1. The summed E-state index contributed by atoms with van der Waals surface area (Å²) in [6.07, 6.45) is 5.82. The number of aromatic nitrogens is 1. The molecule has 10 nitrogen and oxygen atoms in total. The number of aliphatic hydroxyl groups is 1. The van der Waals surface area contributed by atoms with E-state index in [4.69, 9.17) is 9.15 Å². The van der Waals surface area contributed by atoms with Gasteiger partial charge in [0.05, 0.1) is 24.7 Å². The van der Waals surface area contributed by atoms with E-state index >= 15 is 0 Å². The standard InChI is InChI=1S/C30H36N4O6/c1-6-21(7-2)28(36)39-18-34-27-23(32-17-30(4,38)29(34)37)14-20(15-31-27)12-13-26(35)33(5)16-25-19(3)22-10-8-9-11-24(22)40-25/h8-15,21,32,38H,6-7,16-18H2,1-5H3/b13-12+/t30-/m1/s1. The second-order valence-corrected chi connectivity index (χ2v) is 10.3. The second kappa shape index (κ2) is 11.9. The van der Waals surface area contributed by atoms with Crippen LogP contribution in [0.15, 0.2) is 47.0 Å². The molecule has 212 valence electrons. The Bertz CT molecular complexity index is 1440. The zero-order valence-corrected chi connectivity index (χ0v) is 23.6. The lowest BCUT2D eigenvalue weighted by molar-refractivity contribution is -0.150. The molecular formula is C30H36N4O6. The number of hydrogen-bond donors (Lipinski definition) is 2. The van der Waals surface area contributed by atoms with Gasteiger partial charge in [-0.2, -0.15) is 0 Å². The summed E-state index contributed by atoms with van der Waals surface area (Å²) in [5.41, 5.74) is 1.11. The Kier molecular flexibility index (Phi) is 8.58. The van der Waals surface area contributed by atoms with Gasteiger partial charge in [0.15, 0.2) is 18.1 Å². The number of aryl methyl sites for hydroxylation is 1. The summed E-state index contributed by atoms with van der Waals surface area (Å²) in [7, 11) is 1.70. The van der Waals surface area contributed by atoms with Crippen LogP contribution in [0, 0.1) is 12.8 Å². The summed E-state index contributed by atoms with van der Waals surface area (Å²) in [4.78, 5) is 45.5.